The number of carbonyl (C=O) groups excluding carboxylic acids is 2. The van der Waals surface area contributed by atoms with E-state index in [-0.39, 0.29) is 17.8 Å². The fourth-order valence-corrected chi connectivity index (χ4v) is 4.45. The highest BCUT2D eigenvalue weighted by molar-refractivity contribution is 5.75. The van der Waals surface area contributed by atoms with Gasteiger partial charge in [-0.3, -0.25) is 4.79 Å². The fraction of sp³-hybridized carbons (Fsp3) is 0.462. The Morgan fingerprint density at radius 1 is 0.886 bits per heavy atom. The normalized spacial score (nSPS) is 19.7. The molecular weight excluding hydrogens is 454 g/mol. The van der Waals surface area contributed by atoms with E-state index < -0.39 is 6.09 Å². The summed E-state index contributed by atoms with van der Waals surface area (Å²) in [6.07, 6.45) is 0.724. The molecule has 2 aliphatic heterocycles. The van der Waals surface area contributed by atoms with Crippen LogP contribution in [0.2, 0.25) is 0 Å². The number of benzene rings is 2. The molecule has 0 aliphatic carbocycles. The number of amides is 1. The minimum atomic E-state index is -0.436. The summed E-state index contributed by atoms with van der Waals surface area (Å²) in [6.45, 7) is 2.33. The van der Waals surface area contributed by atoms with Crippen molar-refractivity contribution in [2.75, 3.05) is 54.2 Å². The second kappa shape index (κ2) is 11.3. The van der Waals surface area contributed by atoms with Gasteiger partial charge < -0.3 is 33.3 Å². The second-order valence-corrected chi connectivity index (χ2v) is 8.55. The average Bonchev–Trinajstić information content (AvgIpc) is 3.23. The van der Waals surface area contributed by atoms with Crippen LogP contribution in [-0.4, -0.2) is 71.2 Å². The van der Waals surface area contributed by atoms with Gasteiger partial charge in [-0.05, 0) is 48.2 Å². The Hall–Kier alpha value is -3.46. The number of hydrogen-bond acceptors (Lipinski definition) is 8. The molecule has 2 fully saturated rings. The zero-order valence-electron chi connectivity index (χ0n) is 20.3. The smallest absolute Gasteiger partial charge is 0.415 e. The van der Waals surface area contributed by atoms with E-state index in [0.717, 1.165) is 11.1 Å². The van der Waals surface area contributed by atoms with E-state index in [0.29, 0.717) is 68.7 Å². The molecule has 2 aromatic rings. The summed E-state index contributed by atoms with van der Waals surface area (Å²) >= 11 is 0. The number of rotatable bonds is 8. The van der Waals surface area contributed by atoms with Gasteiger partial charge in [-0.1, -0.05) is 12.1 Å². The molecule has 1 amide bonds. The Morgan fingerprint density at radius 2 is 1.49 bits per heavy atom. The molecule has 2 unspecified atom stereocenters. The van der Waals surface area contributed by atoms with Crippen molar-refractivity contribution < 1.29 is 38.0 Å². The van der Waals surface area contributed by atoms with Crippen LogP contribution in [0.15, 0.2) is 36.4 Å². The molecule has 2 saturated heterocycles. The summed E-state index contributed by atoms with van der Waals surface area (Å²) in [7, 11) is 4.72. The molecule has 9 nitrogen and oxygen atoms in total. The minimum absolute atomic E-state index is 0.0189. The molecule has 9 heteroatoms. The van der Waals surface area contributed by atoms with Crippen LogP contribution in [0.25, 0.3) is 0 Å². The lowest BCUT2D eigenvalue weighted by Gasteiger charge is -2.26. The summed E-state index contributed by atoms with van der Waals surface area (Å²) < 4.78 is 32.4. The molecular formula is C26H31NO8. The van der Waals surface area contributed by atoms with Crippen LogP contribution in [0.5, 0.6) is 23.0 Å². The summed E-state index contributed by atoms with van der Waals surface area (Å²) in [6, 6.07) is 11.1. The number of carbonyl (C=O) groups is 2. The van der Waals surface area contributed by atoms with Crippen molar-refractivity contribution in [2.45, 2.75) is 12.8 Å². The molecule has 0 bridgehead atoms. The summed E-state index contributed by atoms with van der Waals surface area (Å²) in [5, 5.41) is 0. The summed E-state index contributed by atoms with van der Waals surface area (Å²) in [5.41, 5.74) is 1.94. The topological polar surface area (TPSA) is 92.8 Å². The Morgan fingerprint density at radius 3 is 2.14 bits per heavy atom. The van der Waals surface area contributed by atoms with E-state index in [1.165, 1.54) is 7.11 Å². The molecule has 2 aromatic carbocycles. The number of methoxy groups -OCH3 is 3. The van der Waals surface area contributed by atoms with Gasteiger partial charge in [0.15, 0.2) is 23.0 Å². The second-order valence-electron chi connectivity index (χ2n) is 8.55. The van der Waals surface area contributed by atoms with E-state index in [9.17, 15) is 9.59 Å². The Kier molecular flexibility index (Phi) is 7.97. The third-order valence-electron chi connectivity index (χ3n) is 6.41. The molecule has 0 aromatic heterocycles. The largest absolute Gasteiger partial charge is 0.493 e. The number of cyclic esters (lactones) is 1. The van der Waals surface area contributed by atoms with Crippen LogP contribution in [0.4, 0.5) is 4.79 Å². The van der Waals surface area contributed by atoms with Gasteiger partial charge in [0.1, 0.15) is 0 Å². The van der Waals surface area contributed by atoms with Crippen molar-refractivity contribution in [1.29, 1.82) is 0 Å². The molecule has 4 rings (SSSR count). The van der Waals surface area contributed by atoms with Crippen molar-refractivity contribution in [3.05, 3.63) is 47.5 Å². The van der Waals surface area contributed by atoms with Gasteiger partial charge in [0.05, 0.1) is 47.1 Å². The first kappa shape index (κ1) is 24.7. The van der Waals surface area contributed by atoms with Crippen LogP contribution < -0.4 is 18.9 Å². The molecule has 0 radical (unpaired) electrons. The lowest BCUT2D eigenvalue weighted by Crippen LogP contribution is -2.42. The maximum absolute atomic E-state index is 12.6. The first-order valence-electron chi connectivity index (χ1n) is 11.6. The van der Waals surface area contributed by atoms with Crippen LogP contribution in [0.1, 0.15) is 11.1 Å². The quantitative estimate of drug-likeness (QED) is 0.527. The van der Waals surface area contributed by atoms with E-state index in [4.69, 9.17) is 28.4 Å². The average molecular weight is 486 g/mol. The van der Waals surface area contributed by atoms with Gasteiger partial charge in [-0.2, -0.15) is 0 Å². The highest BCUT2D eigenvalue weighted by Gasteiger charge is 2.37. The monoisotopic (exact) mass is 485 g/mol. The van der Waals surface area contributed by atoms with Crippen molar-refractivity contribution >= 4 is 12.1 Å². The Labute approximate surface area is 204 Å². The van der Waals surface area contributed by atoms with Crippen molar-refractivity contribution in [3.8, 4) is 23.0 Å². The third-order valence-corrected chi connectivity index (χ3v) is 6.41. The zero-order chi connectivity index (χ0) is 24.8. The molecule has 2 aliphatic rings. The molecule has 0 saturated carbocycles. The van der Waals surface area contributed by atoms with E-state index in [1.54, 1.807) is 31.3 Å². The standard InChI is InChI=1S/C26H31NO8/c1-30-21-6-4-17(14-23(21)31-2)12-19-16-34-25(28)20(19)13-18-5-7-22(24(15-18)32-3)35-26(29)27-8-10-33-11-9-27/h4-7,14-15,19-20H,8-13,16H2,1-3H3. The SMILES string of the molecule is COc1ccc(CC2COC(=O)C2Cc2ccc(OC(=O)N3CCOCC3)c(OC)c2)cc1OC. The molecule has 0 spiro atoms. The van der Waals surface area contributed by atoms with Crippen molar-refractivity contribution in [3.63, 3.8) is 0 Å². The fourth-order valence-electron chi connectivity index (χ4n) is 4.45. The van der Waals surface area contributed by atoms with E-state index >= 15 is 0 Å². The molecule has 188 valence electrons. The van der Waals surface area contributed by atoms with Crippen LogP contribution in [-0.2, 0) is 27.1 Å². The lowest BCUT2D eigenvalue weighted by atomic mass is 9.85. The zero-order valence-corrected chi connectivity index (χ0v) is 20.3. The predicted molar refractivity (Wildman–Crippen MR) is 126 cm³/mol. The van der Waals surface area contributed by atoms with Crippen LogP contribution in [0.3, 0.4) is 0 Å². The van der Waals surface area contributed by atoms with Gasteiger partial charge in [0.25, 0.3) is 0 Å². The van der Waals surface area contributed by atoms with Gasteiger partial charge in [0, 0.05) is 19.0 Å². The molecule has 2 atom stereocenters. The van der Waals surface area contributed by atoms with E-state index in [2.05, 4.69) is 0 Å². The molecule has 0 N–H and O–H groups in total. The van der Waals surface area contributed by atoms with Gasteiger partial charge in [-0.25, -0.2) is 4.79 Å². The van der Waals surface area contributed by atoms with Gasteiger partial charge in [-0.15, -0.1) is 0 Å². The highest BCUT2D eigenvalue weighted by atomic mass is 16.6. The number of hydrogen-bond donors (Lipinski definition) is 0. The number of ether oxygens (including phenoxy) is 6. The van der Waals surface area contributed by atoms with E-state index in [1.807, 2.05) is 24.3 Å². The third kappa shape index (κ3) is 5.79. The van der Waals surface area contributed by atoms with Gasteiger partial charge >= 0.3 is 12.1 Å². The summed E-state index contributed by atoms with van der Waals surface area (Å²) in [5.74, 6) is 1.60. The van der Waals surface area contributed by atoms with Gasteiger partial charge in [0.2, 0.25) is 0 Å². The first-order valence-corrected chi connectivity index (χ1v) is 11.6. The molecule has 2 heterocycles. The number of esters is 1. The minimum Gasteiger partial charge on any atom is -0.493 e. The lowest BCUT2D eigenvalue weighted by molar-refractivity contribution is -0.141. The number of morpholine rings is 1. The van der Waals surface area contributed by atoms with Crippen molar-refractivity contribution in [2.24, 2.45) is 11.8 Å². The Balaban J connectivity index is 1.45. The summed E-state index contributed by atoms with van der Waals surface area (Å²) in [4.78, 5) is 26.6. The Bertz CT molecular complexity index is 1050. The van der Waals surface area contributed by atoms with Crippen LogP contribution >= 0.6 is 0 Å². The predicted octanol–water partition coefficient (Wildman–Crippen LogP) is 3.12. The van der Waals surface area contributed by atoms with Crippen LogP contribution in [0, 0.1) is 11.8 Å². The van der Waals surface area contributed by atoms with Crippen molar-refractivity contribution in [1.82, 2.24) is 4.90 Å². The molecule has 35 heavy (non-hydrogen) atoms. The highest BCUT2D eigenvalue weighted by Crippen LogP contribution is 2.35. The first-order chi connectivity index (χ1) is 17.0. The number of nitrogens with zero attached hydrogens (tertiary/aromatic N) is 1. The maximum atomic E-state index is 12.6. The maximum Gasteiger partial charge on any atom is 0.415 e.